The van der Waals surface area contributed by atoms with E-state index in [-0.39, 0.29) is 13.0 Å². The predicted molar refractivity (Wildman–Crippen MR) is 146 cm³/mol. The summed E-state index contributed by atoms with van der Waals surface area (Å²) in [7, 11) is 0. The third kappa shape index (κ3) is 8.78. The predicted octanol–water partition coefficient (Wildman–Crippen LogP) is 8.17. The first-order chi connectivity index (χ1) is 17.3. The Morgan fingerprint density at radius 3 is 1.92 bits per heavy atom. The molecular weight excluding hydrogens is 497 g/mol. The van der Waals surface area contributed by atoms with Crippen LogP contribution in [0.25, 0.3) is 0 Å². The topological polar surface area (TPSA) is 68.5 Å². The second kappa shape index (κ2) is 15.7. The molecular formula is C29H33Cl2NO4. The van der Waals surface area contributed by atoms with Gasteiger partial charge in [-0.2, -0.15) is 5.26 Å². The van der Waals surface area contributed by atoms with E-state index in [1.165, 1.54) is 0 Å². The van der Waals surface area contributed by atoms with Gasteiger partial charge in [0.2, 0.25) is 0 Å². The third-order valence-corrected chi connectivity index (χ3v) is 5.83. The molecule has 1 aliphatic carbocycles. The standard InChI is InChI=1S/C15H17Cl2NO3.C12H10O.C2H6/c1-4-12(20-5-2)7-6-11(3)14(10-15(14,16)17)13(19)21-9-8-18;1-3-7-11(8-4-1)13-12-9-5-2-6-10-12;1-2/h4,6-7H,3,5,9-10H2,1-2H3;1-10H;1-2H3/b7-6-,12-4+;;. The molecule has 2 aromatic rings. The van der Waals surface area contributed by atoms with Gasteiger partial charge in [0.05, 0.1) is 6.61 Å². The maximum Gasteiger partial charge on any atom is 0.320 e. The Morgan fingerprint density at radius 2 is 1.53 bits per heavy atom. The van der Waals surface area contributed by atoms with E-state index in [0.29, 0.717) is 17.9 Å². The molecule has 1 atom stereocenters. The number of hydrogen-bond acceptors (Lipinski definition) is 5. The molecule has 1 saturated carbocycles. The number of halogens is 2. The lowest BCUT2D eigenvalue weighted by Gasteiger charge is -2.16. The highest BCUT2D eigenvalue weighted by Gasteiger charge is 2.73. The molecule has 5 nitrogen and oxygen atoms in total. The van der Waals surface area contributed by atoms with Gasteiger partial charge in [-0.3, -0.25) is 4.79 Å². The maximum atomic E-state index is 12.1. The monoisotopic (exact) mass is 529 g/mol. The van der Waals surface area contributed by atoms with Gasteiger partial charge in [-0.05, 0) is 55.8 Å². The normalized spacial score (nSPS) is 17.3. The van der Waals surface area contributed by atoms with Crippen molar-refractivity contribution in [2.24, 2.45) is 5.41 Å². The molecule has 2 aromatic carbocycles. The van der Waals surface area contributed by atoms with Crippen LogP contribution >= 0.6 is 23.2 Å². The Morgan fingerprint density at radius 1 is 1.03 bits per heavy atom. The number of carbonyl (C=O) groups excluding carboxylic acids is 1. The minimum atomic E-state index is -1.26. The number of para-hydroxylation sites is 2. The first-order valence-corrected chi connectivity index (χ1v) is 12.4. The molecule has 0 aromatic heterocycles. The highest BCUT2D eigenvalue weighted by atomic mass is 35.5. The average molecular weight is 530 g/mol. The number of carbonyl (C=O) groups is 1. The number of alkyl halides is 2. The van der Waals surface area contributed by atoms with Crippen molar-refractivity contribution in [3.05, 3.63) is 96.8 Å². The number of rotatable bonds is 9. The zero-order valence-corrected chi connectivity index (χ0v) is 22.7. The van der Waals surface area contributed by atoms with Crippen molar-refractivity contribution in [2.75, 3.05) is 13.2 Å². The summed E-state index contributed by atoms with van der Waals surface area (Å²) in [6, 6.07) is 21.3. The Bertz CT molecular complexity index is 1020. The highest BCUT2D eigenvalue weighted by molar-refractivity contribution is 6.53. The second-order valence-corrected chi connectivity index (χ2v) is 8.72. The fraction of sp³-hybridized carbons (Fsp3) is 0.310. The SMILES string of the molecule is C=C(/C=C\C(=C/C)OCC)C1(C(=O)OCC#N)CC1(Cl)Cl.CC.c1ccc(Oc2ccccc2)cc1. The lowest BCUT2D eigenvalue weighted by Crippen LogP contribution is -2.26. The lowest BCUT2D eigenvalue weighted by molar-refractivity contribution is -0.147. The van der Waals surface area contributed by atoms with Crippen LogP contribution in [0, 0.1) is 16.7 Å². The van der Waals surface area contributed by atoms with Gasteiger partial charge in [-0.15, -0.1) is 0 Å². The van der Waals surface area contributed by atoms with Crippen LogP contribution in [0.4, 0.5) is 0 Å². The highest BCUT2D eigenvalue weighted by Crippen LogP contribution is 2.68. The van der Waals surface area contributed by atoms with E-state index >= 15 is 0 Å². The van der Waals surface area contributed by atoms with Crippen LogP contribution in [0.15, 0.2) is 96.8 Å². The molecule has 0 heterocycles. The quantitative estimate of drug-likeness (QED) is 0.142. The van der Waals surface area contributed by atoms with Crippen molar-refractivity contribution in [3.8, 4) is 17.6 Å². The molecule has 0 N–H and O–H groups in total. The van der Waals surface area contributed by atoms with Crippen molar-refractivity contribution in [1.82, 2.24) is 0 Å². The van der Waals surface area contributed by atoms with Crippen molar-refractivity contribution in [1.29, 1.82) is 5.26 Å². The molecule has 0 spiro atoms. The lowest BCUT2D eigenvalue weighted by atomic mass is 9.96. The smallest absolute Gasteiger partial charge is 0.320 e. The van der Waals surface area contributed by atoms with Crippen LogP contribution in [-0.2, 0) is 14.3 Å². The number of hydrogen-bond donors (Lipinski definition) is 0. The average Bonchev–Trinajstić information content (AvgIpc) is 3.51. The number of nitriles is 1. The molecule has 0 saturated heterocycles. The van der Waals surface area contributed by atoms with Gasteiger partial charge in [0.15, 0.2) is 6.61 Å². The molecule has 7 heteroatoms. The molecule has 3 rings (SSSR count). The van der Waals surface area contributed by atoms with Crippen LogP contribution < -0.4 is 4.74 Å². The van der Waals surface area contributed by atoms with Crippen molar-refractivity contribution in [2.45, 2.75) is 38.4 Å². The fourth-order valence-corrected chi connectivity index (χ4v) is 3.84. The maximum absolute atomic E-state index is 12.1. The van der Waals surface area contributed by atoms with E-state index in [1.807, 2.05) is 88.4 Å². The van der Waals surface area contributed by atoms with Gasteiger partial charge < -0.3 is 14.2 Å². The summed E-state index contributed by atoms with van der Waals surface area (Å²) in [6.45, 7) is 11.7. The van der Waals surface area contributed by atoms with Crippen molar-refractivity contribution < 1.29 is 19.0 Å². The van der Waals surface area contributed by atoms with Gasteiger partial charge in [0.25, 0.3) is 0 Å². The van der Waals surface area contributed by atoms with Gasteiger partial charge in [0, 0.05) is 6.42 Å². The molecule has 36 heavy (non-hydrogen) atoms. The van der Waals surface area contributed by atoms with E-state index in [9.17, 15) is 4.79 Å². The van der Waals surface area contributed by atoms with E-state index in [2.05, 4.69) is 6.58 Å². The largest absolute Gasteiger partial charge is 0.494 e. The Kier molecular flexibility index (Phi) is 13.5. The molecule has 1 aliphatic rings. The fourth-order valence-electron chi connectivity index (χ4n) is 3.04. The van der Waals surface area contributed by atoms with Gasteiger partial charge in [-0.1, -0.05) is 86.1 Å². The summed E-state index contributed by atoms with van der Waals surface area (Å²) in [4.78, 5) is 12.1. The zero-order chi connectivity index (χ0) is 27.0. The van der Waals surface area contributed by atoms with Crippen LogP contribution in [-0.4, -0.2) is 23.5 Å². The summed E-state index contributed by atoms with van der Waals surface area (Å²) in [6.07, 6.45) is 5.31. The van der Waals surface area contributed by atoms with Crippen LogP contribution in [0.5, 0.6) is 11.5 Å². The molecule has 0 bridgehead atoms. The van der Waals surface area contributed by atoms with Crippen molar-refractivity contribution in [3.63, 3.8) is 0 Å². The van der Waals surface area contributed by atoms with Crippen LogP contribution in [0.3, 0.4) is 0 Å². The Balaban J connectivity index is 0.000000367. The molecule has 192 valence electrons. The van der Waals surface area contributed by atoms with Gasteiger partial charge >= 0.3 is 5.97 Å². The van der Waals surface area contributed by atoms with E-state index in [0.717, 1.165) is 11.5 Å². The molecule has 1 unspecified atom stereocenters. The molecule has 0 amide bonds. The summed E-state index contributed by atoms with van der Waals surface area (Å²) >= 11 is 12.2. The molecule has 0 radical (unpaired) electrons. The number of nitrogens with zero attached hydrogens (tertiary/aromatic N) is 1. The molecule has 1 fully saturated rings. The van der Waals surface area contributed by atoms with Crippen LogP contribution in [0.2, 0.25) is 0 Å². The minimum absolute atomic E-state index is 0.205. The number of benzene rings is 2. The van der Waals surface area contributed by atoms with Gasteiger partial charge in [0.1, 0.15) is 33.1 Å². The number of esters is 1. The second-order valence-electron chi connectivity index (χ2n) is 7.23. The summed E-state index contributed by atoms with van der Waals surface area (Å²) in [5.41, 5.74) is -0.774. The van der Waals surface area contributed by atoms with Gasteiger partial charge in [-0.25, -0.2) is 0 Å². The Labute approximate surface area is 224 Å². The summed E-state index contributed by atoms with van der Waals surface area (Å²) in [5, 5.41) is 8.48. The summed E-state index contributed by atoms with van der Waals surface area (Å²) in [5.74, 6) is 1.75. The minimum Gasteiger partial charge on any atom is -0.494 e. The first kappa shape index (κ1) is 30.8. The van der Waals surface area contributed by atoms with E-state index < -0.39 is 15.7 Å². The molecule has 0 aliphatic heterocycles. The number of allylic oxidation sites excluding steroid dienone is 3. The van der Waals surface area contributed by atoms with Crippen LogP contribution in [0.1, 0.15) is 34.1 Å². The van der Waals surface area contributed by atoms with E-state index in [1.54, 1.807) is 24.3 Å². The number of ether oxygens (including phenoxy) is 3. The Hall–Kier alpha value is -3.20. The zero-order valence-electron chi connectivity index (χ0n) is 21.2. The van der Waals surface area contributed by atoms with E-state index in [4.69, 9.17) is 42.7 Å². The van der Waals surface area contributed by atoms with Crippen molar-refractivity contribution >= 4 is 29.2 Å². The summed E-state index contributed by atoms with van der Waals surface area (Å²) < 4.78 is 14.5. The first-order valence-electron chi connectivity index (χ1n) is 11.7. The third-order valence-electron chi connectivity index (χ3n) is 4.92.